The molecular weight excluding hydrogens is 468 g/mol. The Hall–Kier alpha value is -3.16. The fourth-order valence-electron chi connectivity index (χ4n) is 3.87. The van der Waals surface area contributed by atoms with Crippen molar-refractivity contribution >= 4 is 33.4 Å². The highest BCUT2D eigenvalue weighted by atomic mass is 79.9. The van der Waals surface area contributed by atoms with Gasteiger partial charge in [-0.15, -0.1) is 0 Å². The van der Waals surface area contributed by atoms with Gasteiger partial charge < -0.3 is 20.7 Å². The van der Waals surface area contributed by atoms with Gasteiger partial charge in [0.25, 0.3) is 0 Å². The quantitative estimate of drug-likeness (QED) is 0.521. The van der Waals surface area contributed by atoms with Crippen LogP contribution in [0.1, 0.15) is 22.7 Å². The number of amidine groups is 1. The second kappa shape index (κ2) is 9.97. The van der Waals surface area contributed by atoms with Crippen molar-refractivity contribution in [3.63, 3.8) is 0 Å². The summed E-state index contributed by atoms with van der Waals surface area (Å²) in [4.78, 5) is 19.8. The van der Waals surface area contributed by atoms with E-state index in [2.05, 4.69) is 44.3 Å². The molecule has 0 fully saturated rings. The summed E-state index contributed by atoms with van der Waals surface area (Å²) >= 11 is 3.60. The second-order valence-electron chi connectivity index (χ2n) is 7.45. The molecule has 4 rings (SSSR count). The summed E-state index contributed by atoms with van der Waals surface area (Å²) in [5.41, 5.74) is 9.49. The lowest BCUT2D eigenvalue weighted by Crippen LogP contribution is -2.45. The van der Waals surface area contributed by atoms with Crippen molar-refractivity contribution in [2.75, 3.05) is 26.7 Å². The van der Waals surface area contributed by atoms with E-state index in [-0.39, 0.29) is 18.5 Å². The minimum Gasteiger partial charge on any atom is -0.497 e. The molecule has 6 nitrogen and oxygen atoms in total. The van der Waals surface area contributed by atoms with Crippen molar-refractivity contribution in [3.05, 3.63) is 94.0 Å². The molecule has 1 heterocycles. The lowest BCUT2D eigenvalue weighted by molar-refractivity contribution is -0.121. The number of amides is 1. The first-order chi connectivity index (χ1) is 15.6. The number of methoxy groups -OCH3 is 1. The number of nitrogens with zero attached hydrogens (tertiary/aromatic N) is 2. The molecule has 0 aliphatic carbocycles. The minimum absolute atomic E-state index is 0.101. The van der Waals surface area contributed by atoms with Crippen LogP contribution in [0.15, 0.2) is 82.3 Å². The van der Waals surface area contributed by atoms with E-state index in [4.69, 9.17) is 15.5 Å². The van der Waals surface area contributed by atoms with Gasteiger partial charge in [0.1, 0.15) is 11.6 Å². The maximum Gasteiger partial charge on any atom is 0.239 e. The molecule has 1 aliphatic heterocycles. The summed E-state index contributed by atoms with van der Waals surface area (Å²) in [5.74, 6) is 1.40. The minimum atomic E-state index is -0.179. The second-order valence-corrected chi connectivity index (χ2v) is 8.36. The van der Waals surface area contributed by atoms with Crippen molar-refractivity contribution in [1.82, 2.24) is 10.2 Å². The third-order valence-electron chi connectivity index (χ3n) is 5.34. The van der Waals surface area contributed by atoms with E-state index in [9.17, 15) is 4.79 Å². The van der Waals surface area contributed by atoms with Crippen molar-refractivity contribution in [1.29, 1.82) is 0 Å². The average molecular weight is 493 g/mol. The summed E-state index contributed by atoms with van der Waals surface area (Å²) < 4.78 is 6.28. The molecule has 164 valence electrons. The Bertz CT molecular complexity index is 1120. The summed E-state index contributed by atoms with van der Waals surface area (Å²) in [5, 5.41) is 2.89. The van der Waals surface area contributed by atoms with Gasteiger partial charge in [-0.05, 0) is 48.0 Å². The Morgan fingerprint density at radius 1 is 1.12 bits per heavy atom. The number of ether oxygens (including phenoxy) is 1. The number of nitrogens with two attached hydrogens (primary N) is 1. The van der Waals surface area contributed by atoms with E-state index in [1.54, 1.807) is 7.11 Å². The van der Waals surface area contributed by atoms with Gasteiger partial charge in [-0.2, -0.15) is 0 Å². The molecule has 32 heavy (non-hydrogen) atoms. The molecule has 0 radical (unpaired) electrons. The summed E-state index contributed by atoms with van der Waals surface area (Å²) in [6.45, 7) is 0.971. The molecule has 3 N–H and O–H groups in total. The number of hydrogen-bond acceptors (Lipinski definition) is 5. The number of rotatable bonds is 7. The molecule has 1 unspecified atom stereocenters. The largest absolute Gasteiger partial charge is 0.497 e. The van der Waals surface area contributed by atoms with Crippen LogP contribution in [0.3, 0.4) is 0 Å². The van der Waals surface area contributed by atoms with E-state index in [0.29, 0.717) is 13.1 Å². The average Bonchev–Trinajstić information content (AvgIpc) is 2.83. The third kappa shape index (κ3) is 4.69. The van der Waals surface area contributed by atoms with Crippen LogP contribution in [-0.2, 0) is 4.79 Å². The fraction of sp³-hybridized carbons (Fsp3) is 0.200. The van der Waals surface area contributed by atoms with Crippen molar-refractivity contribution in [2.45, 2.75) is 6.04 Å². The fourth-order valence-corrected chi connectivity index (χ4v) is 4.25. The Morgan fingerprint density at radius 2 is 1.88 bits per heavy atom. The van der Waals surface area contributed by atoms with Gasteiger partial charge >= 0.3 is 0 Å². The van der Waals surface area contributed by atoms with Crippen molar-refractivity contribution < 1.29 is 9.53 Å². The monoisotopic (exact) mass is 492 g/mol. The molecule has 0 saturated carbocycles. The van der Waals surface area contributed by atoms with E-state index in [1.807, 2.05) is 54.6 Å². The molecule has 1 atom stereocenters. The number of benzene rings is 3. The SMILES string of the molecule is COc1ccc(C2=Nc3ccc(Br)cc3C(c3ccccc3)N2CC(=O)NCCN)cc1. The number of carbonyl (C=O) groups is 1. The van der Waals surface area contributed by atoms with Crippen molar-refractivity contribution in [3.8, 4) is 5.75 Å². The van der Waals surface area contributed by atoms with Crippen molar-refractivity contribution in [2.24, 2.45) is 10.7 Å². The molecule has 7 heteroatoms. The van der Waals surface area contributed by atoms with E-state index < -0.39 is 0 Å². The predicted molar refractivity (Wildman–Crippen MR) is 130 cm³/mol. The molecule has 1 aliphatic rings. The molecule has 3 aromatic carbocycles. The smallest absolute Gasteiger partial charge is 0.239 e. The van der Waals surface area contributed by atoms with Crippen LogP contribution in [0.2, 0.25) is 0 Å². The lowest BCUT2D eigenvalue weighted by Gasteiger charge is -2.38. The van der Waals surface area contributed by atoms with Crippen LogP contribution in [-0.4, -0.2) is 43.4 Å². The number of fused-ring (bicyclic) bond motifs is 1. The van der Waals surface area contributed by atoms with Gasteiger partial charge in [-0.1, -0.05) is 46.3 Å². The van der Waals surface area contributed by atoms with Gasteiger partial charge in [0, 0.05) is 28.7 Å². The van der Waals surface area contributed by atoms with Crippen LogP contribution >= 0.6 is 15.9 Å². The first-order valence-electron chi connectivity index (χ1n) is 10.4. The number of hydrogen-bond donors (Lipinski definition) is 2. The van der Waals surface area contributed by atoms with E-state index in [0.717, 1.165) is 38.4 Å². The number of carbonyl (C=O) groups excluding carboxylic acids is 1. The zero-order valence-electron chi connectivity index (χ0n) is 17.8. The molecule has 0 bridgehead atoms. The van der Waals surface area contributed by atoms with Crippen LogP contribution in [0.4, 0.5) is 5.69 Å². The topological polar surface area (TPSA) is 80.0 Å². The molecule has 0 saturated heterocycles. The van der Waals surface area contributed by atoms with Gasteiger partial charge in [-0.3, -0.25) is 4.79 Å². The first-order valence-corrected chi connectivity index (χ1v) is 11.2. The van der Waals surface area contributed by atoms with Crippen LogP contribution in [0.5, 0.6) is 5.75 Å². The highest BCUT2D eigenvalue weighted by Gasteiger charge is 2.33. The van der Waals surface area contributed by atoms with E-state index >= 15 is 0 Å². The zero-order chi connectivity index (χ0) is 22.5. The van der Waals surface area contributed by atoms with E-state index in [1.165, 1.54) is 0 Å². The summed E-state index contributed by atoms with van der Waals surface area (Å²) in [7, 11) is 1.64. The first kappa shape index (κ1) is 22.0. The third-order valence-corrected chi connectivity index (χ3v) is 5.83. The van der Waals surface area contributed by atoms with Gasteiger partial charge in [0.15, 0.2) is 0 Å². The van der Waals surface area contributed by atoms with Gasteiger partial charge in [-0.25, -0.2) is 4.99 Å². The predicted octanol–water partition coefficient (Wildman–Crippen LogP) is 4.02. The highest BCUT2D eigenvalue weighted by molar-refractivity contribution is 9.10. The molecule has 0 aromatic heterocycles. The maximum atomic E-state index is 12.8. The van der Waals surface area contributed by atoms with Gasteiger partial charge in [0.2, 0.25) is 5.91 Å². The Kier molecular flexibility index (Phi) is 6.87. The summed E-state index contributed by atoms with van der Waals surface area (Å²) in [6, 6.07) is 23.8. The van der Waals surface area contributed by atoms with Gasteiger partial charge in [0.05, 0.1) is 25.4 Å². The molecule has 0 spiro atoms. The highest BCUT2D eigenvalue weighted by Crippen LogP contribution is 2.41. The van der Waals surface area contributed by atoms with Crippen LogP contribution in [0, 0.1) is 0 Å². The lowest BCUT2D eigenvalue weighted by atomic mass is 9.93. The Morgan fingerprint density at radius 3 is 2.56 bits per heavy atom. The maximum absolute atomic E-state index is 12.8. The Labute approximate surface area is 196 Å². The Balaban J connectivity index is 1.86. The number of nitrogens with one attached hydrogen (secondary N) is 1. The molecule has 3 aromatic rings. The molecular formula is C25H25BrN4O2. The summed E-state index contributed by atoms with van der Waals surface area (Å²) in [6.07, 6.45) is 0. The van der Waals surface area contributed by atoms with Crippen LogP contribution in [0.25, 0.3) is 0 Å². The zero-order valence-corrected chi connectivity index (χ0v) is 19.4. The standard InChI is InChI=1S/C25H25BrN4O2/c1-32-20-10-7-18(8-11-20)25-29-22-12-9-19(26)15-21(22)24(17-5-3-2-4-6-17)30(25)16-23(31)28-14-13-27/h2-12,15,24H,13-14,16,27H2,1H3,(H,28,31). The number of aliphatic imine (C=N–C) groups is 1. The normalized spacial score (nSPS) is 15.0. The van der Waals surface area contributed by atoms with Crippen LogP contribution < -0.4 is 15.8 Å². The number of halogens is 1. The molecule has 1 amide bonds.